The van der Waals surface area contributed by atoms with Gasteiger partial charge in [-0.2, -0.15) is 0 Å². The van der Waals surface area contributed by atoms with Crippen molar-refractivity contribution in [1.82, 2.24) is 4.90 Å². The first kappa shape index (κ1) is 12.0. The van der Waals surface area contributed by atoms with Crippen LogP contribution in [0.15, 0.2) is 0 Å². The van der Waals surface area contributed by atoms with E-state index < -0.39 is 0 Å². The summed E-state index contributed by atoms with van der Waals surface area (Å²) in [6.07, 6.45) is 6.88. The average molecular weight is 198 g/mol. The molecule has 0 spiro atoms. The fourth-order valence-corrected chi connectivity index (χ4v) is 2.58. The Morgan fingerprint density at radius 2 is 2.00 bits per heavy atom. The molecule has 0 bridgehead atoms. The molecule has 1 aliphatic rings. The Balaban J connectivity index is 2.29. The Morgan fingerprint density at radius 1 is 1.36 bits per heavy atom. The van der Waals surface area contributed by atoms with Gasteiger partial charge in [0.05, 0.1) is 0 Å². The monoisotopic (exact) mass is 198 g/mol. The third-order valence-electron chi connectivity index (χ3n) is 3.45. The SMILES string of the molecule is CCN(CC(C)CCN)C1CCCC1. The third kappa shape index (κ3) is 3.58. The van der Waals surface area contributed by atoms with Gasteiger partial charge in [0.25, 0.3) is 0 Å². The van der Waals surface area contributed by atoms with Gasteiger partial charge < -0.3 is 10.6 Å². The smallest absolute Gasteiger partial charge is 0.00952 e. The van der Waals surface area contributed by atoms with Gasteiger partial charge in [-0.1, -0.05) is 26.7 Å². The lowest BCUT2D eigenvalue weighted by Gasteiger charge is -2.30. The average Bonchev–Trinajstić information content (AvgIpc) is 2.67. The zero-order chi connectivity index (χ0) is 10.4. The molecule has 14 heavy (non-hydrogen) atoms. The molecule has 84 valence electrons. The van der Waals surface area contributed by atoms with Crippen LogP contribution >= 0.6 is 0 Å². The van der Waals surface area contributed by atoms with E-state index >= 15 is 0 Å². The molecular formula is C12H26N2. The zero-order valence-electron chi connectivity index (χ0n) is 9.84. The summed E-state index contributed by atoms with van der Waals surface area (Å²) >= 11 is 0. The molecular weight excluding hydrogens is 172 g/mol. The Bertz CT molecular complexity index is 141. The largest absolute Gasteiger partial charge is 0.330 e. The highest BCUT2D eigenvalue weighted by Crippen LogP contribution is 2.24. The second-order valence-electron chi connectivity index (χ2n) is 4.71. The van der Waals surface area contributed by atoms with Crippen LogP contribution in [0.3, 0.4) is 0 Å². The van der Waals surface area contributed by atoms with Crippen LogP contribution in [0.2, 0.25) is 0 Å². The molecule has 1 aliphatic carbocycles. The summed E-state index contributed by atoms with van der Waals surface area (Å²) in [5, 5.41) is 0. The minimum Gasteiger partial charge on any atom is -0.330 e. The van der Waals surface area contributed by atoms with E-state index in [4.69, 9.17) is 5.73 Å². The van der Waals surface area contributed by atoms with Crippen molar-refractivity contribution in [3.63, 3.8) is 0 Å². The lowest BCUT2D eigenvalue weighted by molar-refractivity contribution is 0.179. The van der Waals surface area contributed by atoms with Gasteiger partial charge >= 0.3 is 0 Å². The number of nitrogens with zero attached hydrogens (tertiary/aromatic N) is 1. The highest BCUT2D eigenvalue weighted by molar-refractivity contribution is 4.77. The minimum atomic E-state index is 0.764. The van der Waals surface area contributed by atoms with Crippen molar-refractivity contribution in [3.05, 3.63) is 0 Å². The fraction of sp³-hybridized carbons (Fsp3) is 1.00. The van der Waals surface area contributed by atoms with Crippen molar-refractivity contribution in [2.45, 2.75) is 52.0 Å². The minimum absolute atomic E-state index is 0.764. The summed E-state index contributed by atoms with van der Waals surface area (Å²) in [5.74, 6) is 0.764. The highest BCUT2D eigenvalue weighted by Gasteiger charge is 2.22. The van der Waals surface area contributed by atoms with Crippen molar-refractivity contribution in [1.29, 1.82) is 0 Å². The summed E-state index contributed by atoms with van der Waals surface area (Å²) < 4.78 is 0. The standard InChI is InChI=1S/C12H26N2/c1-3-14(10-11(2)8-9-13)12-6-4-5-7-12/h11-12H,3-10,13H2,1-2H3. The van der Waals surface area contributed by atoms with E-state index in [1.165, 1.54) is 45.2 Å². The Labute approximate surface area is 88.8 Å². The molecule has 2 N–H and O–H groups in total. The van der Waals surface area contributed by atoms with E-state index in [-0.39, 0.29) is 0 Å². The van der Waals surface area contributed by atoms with Crippen molar-refractivity contribution < 1.29 is 0 Å². The van der Waals surface area contributed by atoms with Crippen molar-refractivity contribution in [3.8, 4) is 0 Å². The van der Waals surface area contributed by atoms with Crippen LogP contribution in [0, 0.1) is 5.92 Å². The van der Waals surface area contributed by atoms with Gasteiger partial charge in [0.1, 0.15) is 0 Å². The van der Waals surface area contributed by atoms with Crippen LogP contribution in [-0.4, -0.2) is 30.6 Å². The van der Waals surface area contributed by atoms with Crippen LogP contribution in [0.4, 0.5) is 0 Å². The molecule has 0 radical (unpaired) electrons. The molecule has 0 aromatic heterocycles. The van der Waals surface area contributed by atoms with Crippen LogP contribution in [0.25, 0.3) is 0 Å². The molecule has 1 fully saturated rings. The maximum absolute atomic E-state index is 5.58. The molecule has 1 atom stereocenters. The van der Waals surface area contributed by atoms with Crippen LogP contribution in [0.1, 0.15) is 46.0 Å². The number of hydrogen-bond acceptors (Lipinski definition) is 2. The summed E-state index contributed by atoms with van der Waals surface area (Å²) in [4.78, 5) is 2.66. The molecule has 0 saturated heterocycles. The van der Waals surface area contributed by atoms with E-state index in [0.717, 1.165) is 18.5 Å². The Kier molecular flexibility index (Phi) is 5.49. The Morgan fingerprint density at radius 3 is 2.50 bits per heavy atom. The first-order valence-corrected chi connectivity index (χ1v) is 6.22. The lowest BCUT2D eigenvalue weighted by Crippen LogP contribution is -2.36. The zero-order valence-corrected chi connectivity index (χ0v) is 9.84. The topological polar surface area (TPSA) is 29.3 Å². The second-order valence-corrected chi connectivity index (χ2v) is 4.71. The maximum Gasteiger partial charge on any atom is 0.00952 e. The fourth-order valence-electron chi connectivity index (χ4n) is 2.58. The summed E-state index contributed by atoms with van der Waals surface area (Å²) in [6, 6.07) is 0.875. The molecule has 0 aliphatic heterocycles. The number of nitrogens with two attached hydrogens (primary N) is 1. The molecule has 0 amide bonds. The second kappa shape index (κ2) is 6.41. The third-order valence-corrected chi connectivity index (χ3v) is 3.45. The lowest BCUT2D eigenvalue weighted by atomic mass is 10.1. The van der Waals surface area contributed by atoms with E-state index in [0.29, 0.717) is 0 Å². The van der Waals surface area contributed by atoms with Crippen molar-refractivity contribution in [2.75, 3.05) is 19.6 Å². The van der Waals surface area contributed by atoms with E-state index in [1.807, 2.05) is 0 Å². The molecule has 0 heterocycles. The normalized spacial score (nSPS) is 20.6. The molecule has 0 aromatic carbocycles. The van der Waals surface area contributed by atoms with E-state index in [1.54, 1.807) is 0 Å². The molecule has 1 rings (SSSR count). The highest BCUT2D eigenvalue weighted by atomic mass is 15.2. The van der Waals surface area contributed by atoms with Gasteiger partial charge in [-0.25, -0.2) is 0 Å². The first-order valence-electron chi connectivity index (χ1n) is 6.22. The summed E-state index contributed by atoms with van der Waals surface area (Å²) in [5.41, 5.74) is 5.58. The van der Waals surface area contributed by atoms with Gasteiger partial charge in [-0.05, 0) is 38.3 Å². The van der Waals surface area contributed by atoms with E-state index in [9.17, 15) is 0 Å². The molecule has 2 nitrogen and oxygen atoms in total. The molecule has 2 heteroatoms. The number of rotatable bonds is 6. The molecule has 0 aromatic rings. The summed E-state index contributed by atoms with van der Waals surface area (Å²) in [7, 11) is 0. The van der Waals surface area contributed by atoms with Crippen LogP contribution in [-0.2, 0) is 0 Å². The van der Waals surface area contributed by atoms with Gasteiger partial charge in [0.2, 0.25) is 0 Å². The van der Waals surface area contributed by atoms with Gasteiger partial charge in [-0.3, -0.25) is 0 Å². The van der Waals surface area contributed by atoms with Gasteiger partial charge in [-0.15, -0.1) is 0 Å². The van der Waals surface area contributed by atoms with E-state index in [2.05, 4.69) is 18.7 Å². The predicted octanol–water partition coefficient (Wildman–Crippen LogP) is 2.24. The van der Waals surface area contributed by atoms with Crippen LogP contribution < -0.4 is 5.73 Å². The molecule has 1 unspecified atom stereocenters. The first-order chi connectivity index (χ1) is 6.77. The van der Waals surface area contributed by atoms with Crippen molar-refractivity contribution >= 4 is 0 Å². The van der Waals surface area contributed by atoms with Gasteiger partial charge in [0, 0.05) is 12.6 Å². The Hall–Kier alpha value is -0.0800. The molecule has 1 saturated carbocycles. The maximum atomic E-state index is 5.58. The van der Waals surface area contributed by atoms with Gasteiger partial charge in [0.15, 0.2) is 0 Å². The summed E-state index contributed by atoms with van der Waals surface area (Å²) in [6.45, 7) is 7.90. The quantitative estimate of drug-likeness (QED) is 0.709. The van der Waals surface area contributed by atoms with Crippen molar-refractivity contribution in [2.24, 2.45) is 11.7 Å². The number of hydrogen-bond donors (Lipinski definition) is 1. The van der Waals surface area contributed by atoms with Crippen LogP contribution in [0.5, 0.6) is 0 Å². The predicted molar refractivity (Wildman–Crippen MR) is 62.3 cm³/mol.